The standard InChI is InChI=1S/C8H8BrNO3/c1-2-13-7-6(9)5(8(11)12)3-4-10-7/h3-4H,2H2,1H3,(H,11,12). The summed E-state index contributed by atoms with van der Waals surface area (Å²) in [6, 6.07) is 1.41. The summed E-state index contributed by atoms with van der Waals surface area (Å²) in [5, 5.41) is 8.74. The summed E-state index contributed by atoms with van der Waals surface area (Å²) in [6.07, 6.45) is 1.40. The molecular formula is C8H8BrNO3. The normalized spacial score (nSPS) is 9.69. The minimum Gasteiger partial charge on any atom is -0.478 e. The summed E-state index contributed by atoms with van der Waals surface area (Å²) >= 11 is 3.11. The van der Waals surface area contributed by atoms with Crippen molar-refractivity contribution in [2.75, 3.05) is 6.61 Å². The number of carbonyl (C=O) groups is 1. The highest BCUT2D eigenvalue weighted by atomic mass is 79.9. The zero-order valence-corrected chi connectivity index (χ0v) is 8.54. The largest absolute Gasteiger partial charge is 0.478 e. The van der Waals surface area contributed by atoms with E-state index < -0.39 is 5.97 Å². The minimum atomic E-state index is -1.00. The molecule has 0 amide bonds. The van der Waals surface area contributed by atoms with Crippen LogP contribution in [0.2, 0.25) is 0 Å². The maximum absolute atomic E-state index is 10.7. The molecule has 4 nitrogen and oxygen atoms in total. The lowest BCUT2D eigenvalue weighted by Gasteiger charge is -2.05. The second kappa shape index (κ2) is 4.23. The molecule has 1 heterocycles. The lowest BCUT2D eigenvalue weighted by molar-refractivity contribution is 0.0695. The molecule has 5 heteroatoms. The van der Waals surface area contributed by atoms with Crippen LogP contribution in [0.15, 0.2) is 16.7 Å². The van der Waals surface area contributed by atoms with Gasteiger partial charge in [-0.2, -0.15) is 0 Å². The summed E-state index contributed by atoms with van der Waals surface area (Å²) in [4.78, 5) is 14.5. The van der Waals surface area contributed by atoms with Crippen LogP contribution < -0.4 is 4.74 Å². The molecule has 0 bridgehead atoms. The first-order valence-electron chi connectivity index (χ1n) is 3.67. The van der Waals surface area contributed by atoms with Crippen LogP contribution >= 0.6 is 15.9 Å². The molecule has 1 aromatic rings. The number of nitrogens with zero attached hydrogens (tertiary/aromatic N) is 1. The number of halogens is 1. The molecule has 0 unspecified atom stereocenters. The molecule has 0 saturated carbocycles. The van der Waals surface area contributed by atoms with Gasteiger partial charge in [-0.1, -0.05) is 0 Å². The van der Waals surface area contributed by atoms with E-state index in [1.807, 2.05) is 6.92 Å². The van der Waals surface area contributed by atoms with E-state index >= 15 is 0 Å². The molecule has 0 fully saturated rings. The van der Waals surface area contributed by atoms with Crippen LogP contribution in [-0.2, 0) is 0 Å². The average molecular weight is 246 g/mol. The first kappa shape index (κ1) is 9.98. The molecule has 0 aliphatic rings. The van der Waals surface area contributed by atoms with E-state index in [0.29, 0.717) is 17.0 Å². The molecule has 0 aliphatic carbocycles. The third-order valence-electron chi connectivity index (χ3n) is 1.37. The molecule has 1 N–H and O–H groups in total. The highest BCUT2D eigenvalue weighted by molar-refractivity contribution is 9.10. The highest BCUT2D eigenvalue weighted by Gasteiger charge is 2.12. The highest BCUT2D eigenvalue weighted by Crippen LogP contribution is 2.25. The van der Waals surface area contributed by atoms with Crippen LogP contribution in [0.1, 0.15) is 17.3 Å². The zero-order valence-electron chi connectivity index (χ0n) is 6.95. The fourth-order valence-electron chi connectivity index (χ4n) is 0.827. The predicted octanol–water partition coefficient (Wildman–Crippen LogP) is 1.94. The van der Waals surface area contributed by atoms with Crippen LogP contribution in [0.4, 0.5) is 0 Å². The van der Waals surface area contributed by atoms with Crippen molar-refractivity contribution in [3.63, 3.8) is 0 Å². The van der Waals surface area contributed by atoms with Gasteiger partial charge in [-0.3, -0.25) is 0 Å². The Balaban J connectivity index is 3.10. The van der Waals surface area contributed by atoms with E-state index in [1.54, 1.807) is 0 Å². The molecule has 0 aromatic carbocycles. The Morgan fingerprint density at radius 2 is 2.46 bits per heavy atom. The Morgan fingerprint density at radius 3 is 3.00 bits per heavy atom. The van der Waals surface area contributed by atoms with Gasteiger partial charge in [0.1, 0.15) is 0 Å². The molecule has 0 atom stereocenters. The Kier molecular flexibility index (Phi) is 3.25. The molecule has 0 aliphatic heterocycles. The van der Waals surface area contributed by atoms with Gasteiger partial charge in [-0.15, -0.1) is 0 Å². The number of hydrogen-bond donors (Lipinski definition) is 1. The zero-order chi connectivity index (χ0) is 9.84. The van der Waals surface area contributed by atoms with E-state index in [-0.39, 0.29) is 5.56 Å². The Bertz CT molecular complexity index is 327. The van der Waals surface area contributed by atoms with Gasteiger partial charge in [0, 0.05) is 6.20 Å². The van der Waals surface area contributed by atoms with Crippen LogP contribution in [-0.4, -0.2) is 22.7 Å². The van der Waals surface area contributed by atoms with E-state index in [2.05, 4.69) is 20.9 Å². The number of hydrogen-bond acceptors (Lipinski definition) is 3. The lowest BCUT2D eigenvalue weighted by Crippen LogP contribution is -2.02. The Hall–Kier alpha value is -1.10. The number of aromatic nitrogens is 1. The van der Waals surface area contributed by atoms with E-state index in [1.165, 1.54) is 12.3 Å². The maximum Gasteiger partial charge on any atom is 0.337 e. The second-order valence-electron chi connectivity index (χ2n) is 2.22. The third-order valence-corrected chi connectivity index (χ3v) is 2.14. The Labute approximate surface area is 83.7 Å². The van der Waals surface area contributed by atoms with E-state index in [9.17, 15) is 4.79 Å². The van der Waals surface area contributed by atoms with E-state index in [4.69, 9.17) is 9.84 Å². The number of carboxylic acid groups (broad SMARTS) is 1. The topological polar surface area (TPSA) is 59.4 Å². The summed E-state index contributed by atoms with van der Waals surface area (Å²) in [5.74, 6) is -0.697. The van der Waals surface area contributed by atoms with Crippen molar-refractivity contribution in [1.29, 1.82) is 0 Å². The molecule has 70 valence electrons. The molecule has 0 spiro atoms. The first-order chi connectivity index (χ1) is 6.16. The number of pyridine rings is 1. The number of rotatable bonds is 3. The van der Waals surface area contributed by atoms with Gasteiger partial charge >= 0.3 is 5.97 Å². The molecule has 1 rings (SSSR count). The fraction of sp³-hybridized carbons (Fsp3) is 0.250. The summed E-state index contributed by atoms with van der Waals surface area (Å²) < 4.78 is 5.49. The van der Waals surface area contributed by atoms with E-state index in [0.717, 1.165) is 0 Å². The van der Waals surface area contributed by atoms with Crippen LogP contribution in [0, 0.1) is 0 Å². The molecule has 0 radical (unpaired) electrons. The maximum atomic E-state index is 10.7. The van der Waals surface area contributed by atoms with Crippen LogP contribution in [0.25, 0.3) is 0 Å². The van der Waals surface area contributed by atoms with Crippen molar-refractivity contribution in [1.82, 2.24) is 4.98 Å². The van der Waals surface area contributed by atoms with Gasteiger partial charge in [0.2, 0.25) is 5.88 Å². The third kappa shape index (κ3) is 2.18. The van der Waals surface area contributed by atoms with Gasteiger partial charge < -0.3 is 9.84 Å². The molecule has 13 heavy (non-hydrogen) atoms. The van der Waals surface area contributed by atoms with Crippen LogP contribution in [0.5, 0.6) is 5.88 Å². The van der Waals surface area contributed by atoms with Crippen molar-refractivity contribution >= 4 is 21.9 Å². The lowest BCUT2D eigenvalue weighted by atomic mass is 10.3. The molecule has 1 aromatic heterocycles. The minimum absolute atomic E-state index is 0.151. The number of ether oxygens (including phenoxy) is 1. The Morgan fingerprint density at radius 1 is 1.77 bits per heavy atom. The quantitative estimate of drug-likeness (QED) is 0.885. The second-order valence-corrected chi connectivity index (χ2v) is 3.01. The molecule has 0 saturated heterocycles. The summed E-state index contributed by atoms with van der Waals surface area (Å²) in [5.41, 5.74) is 0.151. The van der Waals surface area contributed by atoms with Gasteiger partial charge in [0.25, 0.3) is 0 Å². The van der Waals surface area contributed by atoms with Gasteiger partial charge in [-0.25, -0.2) is 9.78 Å². The van der Waals surface area contributed by atoms with Crippen molar-refractivity contribution < 1.29 is 14.6 Å². The smallest absolute Gasteiger partial charge is 0.337 e. The summed E-state index contributed by atoms with van der Waals surface area (Å²) in [6.45, 7) is 2.26. The number of aromatic carboxylic acids is 1. The SMILES string of the molecule is CCOc1nccc(C(=O)O)c1Br. The predicted molar refractivity (Wildman–Crippen MR) is 50.1 cm³/mol. The van der Waals surface area contributed by atoms with Gasteiger partial charge in [-0.05, 0) is 28.9 Å². The summed E-state index contributed by atoms with van der Waals surface area (Å²) in [7, 11) is 0. The van der Waals surface area contributed by atoms with Crippen molar-refractivity contribution in [2.45, 2.75) is 6.92 Å². The van der Waals surface area contributed by atoms with Crippen molar-refractivity contribution in [3.8, 4) is 5.88 Å². The fourth-order valence-corrected chi connectivity index (χ4v) is 1.35. The molecular weight excluding hydrogens is 238 g/mol. The average Bonchev–Trinajstić information content (AvgIpc) is 2.08. The first-order valence-corrected chi connectivity index (χ1v) is 4.46. The van der Waals surface area contributed by atoms with Gasteiger partial charge in [0.05, 0.1) is 16.6 Å². The number of carboxylic acids is 1. The van der Waals surface area contributed by atoms with Gasteiger partial charge in [0.15, 0.2) is 0 Å². The van der Waals surface area contributed by atoms with Crippen LogP contribution in [0.3, 0.4) is 0 Å². The van der Waals surface area contributed by atoms with Crippen molar-refractivity contribution in [3.05, 3.63) is 22.3 Å². The van der Waals surface area contributed by atoms with Crippen molar-refractivity contribution in [2.24, 2.45) is 0 Å². The monoisotopic (exact) mass is 245 g/mol.